The summed E-state index contributed by atoms with van der Waals surface area (Å²) in [7, 11) is 0. The third-order valence-corrected chi connectivity index (χ3v) is 4.45. The number of nitrogens with one attached hydrogen (secondary N) is 1. The highest BCUT2D eigenvalue weighted by Crippen LogP contribution is 2.33. The topological polar surface area (TPSA) is 90.4 Å². The van der Waals surface area contributed by atoms with Crippen LogP contribution in [0.3, 0.4) is 0 Å². The SMILES string of the molecule is CC(NCc1ccc(Cl)c(Oc2ccccc2)c1F)C(CCN)C(N)=O. The molecule has 7 heteroatoms. The molecule has 2 unspecified atom stereocenters. The first-order valence-electron chi connectivity index (χ1n) is 8.36. The van der Waals surface area contributed by atoms with Crippen molar-refractivity contribution in [3.05, 3.63) is 58.9 Å². The normalized spacial score (nSPS) is 13.2. The molecule has 2 aromatic carbocycles. The minimum Gasteiger partial charge on any atom is -0.453 e. The Labute approximate surface area is 157 Å². The van der Waals surface area contributed by atoms with Gasteiger partial charge in [0.15, 0.2) is 11.6 Å². The first-order chi connectivity index (χ1) is 12.4. The smallest absolute Gasteiger partial charge is 0.222 e. The summed E-state index contributed by atoms with van der Waals surface area (Å²) >= 11 is 6.09. The van der Waals surface area contributed by atoms with Gasteiger partial charge in [0, 0.05) is 18.2 Å². The van der Waals surface area contributed by atoms with E-state index in [0.29, 0.717) is 24.3 Å². The molecule has 0 bridgehead atoms. The van der Waals surface area contributed by atoms with E-state index in [1.807, 2.05) is 13.0 Å². The first-order valence-corrected chi connectivity index (χ1v) is 8.74. The summed E-state index contributed by atoms with van der Waals surface area (Å²) < 4.78 is 20.4. The molecule has 26 heavy (non-hydrogen) atoms. The molecule has 0 aromatic heterocycles. The van der Waals surface area contributed by atoms with Gasteiger partial charge < -0.3 is 21.5 Å². The lowest BCUT2D eigenvalue weighted by molar-refractivity contribution is -0.122. The predicted octanol–water partition coefficient (Wildman–Crippen LogP) is 3.20. The largest absolute Gasteiger partial charge is 0.453 e. The van der Waals surface area contributed by atoms with Crippen LogP contribution in [0.2, 0.25) is 5.02 Å². The number of ether oxygens (including phenoxy) is 1. The zero-order valence-electron chi connectivity index (χ0n) is 14.5. The van der Waals surface area contributed by atoms with E-state index >= 15 is 0 Å². The minimum absolute atomic E-state index is 0.0294. The van der Waals surface area contributed by atoms with E-state index < -0.39 is 17.6 Å². The van der Waals surface area contributed by atoms with Crippen LogP contribution in [0.4, 0.5) is 4.39 Å². The Morgan fingerprint density at radius 1 is 1.27 bits per heavy atom. The van der Waals surface area contributed by atoms with Crippen LogP contribution in [0.25, 0.3) is 0 Å². The van der Waals surface area contributed by atoms with E-state index in [4.69, 9.17) is 27.8 Å². The zero-order chi connectivity index (χ0) is 19.1. The van der Waals surface area contributed by atoms with Crippen molar-refractivity contribution in [2.75, 3.05) is 6.54 Å². The summed E-state index contributed by atoms with van der Waals surface area (Å²) in [4.78, 5) is 11.5. The summed E-state index contributed by atoms with van der Waals surface area (Å²) in [5.74, 6) is -0.937. The van der Waals surface area contributed by atoms with Crippen molar-refractivity contribution in [3.8, 4) is 11.5 Å². The highest BCUT2D eigenvalue weighted by molar-refractivity contribution is 6.32. The number of para-hydroxylation sites is 1. The molecule has 0 heterocycles. The van der Waals surface area contributed by atoms with Crippen LogP contribution in [0, 0.1) is 11.7 Å². The number of nitrogens with two attached hydrogens (primary N) is 2. The van der Waals surface area contributed by atoms with E-state index in [1.54, 1.807) is 36.4 Å². The predicted molar refractivity (Wildman–Crippen MR) is 101 cm³/mol. The first kappa shape index (κ1) is 20.2. The minimum atomic E-state index is -0.546. The number of rotatable bonds is 9. The van der Waals surface area contributed by atoms with Crippen LogP contribution < -0.4 is 21.5 Å². The number of carbonyl (C=O) groups is 1. The number of halogens is 2. The summed E-state index contributed by atoms with van der Waals surface area (Å²) in [5, 5.41) is 3.30. The Morgan fingerprint density at radius 3 is 2.58 bits per heavy atom. The van der Waals surface area contributed by atoms with Gasteiger partial charge in [0.1, 0.15) is 5.75 Å². The molecule has 2 aromatic rings. The third kappa shape index (κ3) is 5.17. The molecule has 1 amide bonds. The number of carbonyl (C=O) groups excluding carboxylic acids is 1. The Bertz CT molecular complexity index is 743. The fourth-order valence-corrected chi connectivity index (χ4v) is 2.83. The molecule has 0 aliphatic carbocycles. The molecule has 0 saturated heterocycles. The maximum absolute atomic E-state index is 14.8. The van der Waals surface area contributed by atoms with Gasteiger partial charge in [0.25, 0.3) is 0 Å². The molecule has 0 aliphatic rings. The molecule has 2 atom stereocenters. The van der Waals surface area contributed by atoms with Crippen molar-refractivity contribution in [2.24, 2.45) is 17.4 Å². The standard InChI is InChI=1S/C19H23ClFN3O2/c1-12(15(9-10-22)19(23)25)24-11-13-7-8-16(20)18(17(13)21)26-14-5-3-2-4-6-14/h2-8,12,15,24H,9-11,22H2,1H3,(H2,23,25). The number of hydrogen-bond donors (Lipinski definition) is 3. The van der Waals surface area contributed by atoms with Gasteiger partial charge in [-0.05, 0) is 38.1 Å². The van der Waals surface area contributed by atoms with Crippen LogP contribution in [0.15, 0.2) is 42.5 Å². The lowest BCUT2D eigenvalue weighted by atomic mass is 9.96. The van der Waals surface area contributed by atoms with Crippen LogP contribution in [-0.4, -0.2) is 18.5 Å². The number of amides is 1. The van der Waals surface area contributed by atoms with E-state index in [9.17, 15) is 9.18 Å². The molecule has 2 rings (SSSR count). The van der Waals surface area contributed by atoms with Crippen molar-refractivity contribution in [1.29, 1.82) is 0 Å². The lowest BCUT2D eigenvalue weighted by Crippen LogP contribution is -2.41. The molecule has 5 nitrogen and oxygen atoms in total. The van der Waals surface area contributed by atoms with Crippen molar-refractivity contribution in [3.63, 3.8) is 0 Å². The van der Waals surface area contributed by atoms with Crippen molar-refractivity contribution >= 4 is 17.5 Å². The molecule has 0 radical (unpaired) electrons. The Kier molecular flexibility index (Phi) is 7.38. The highest BCUT2D eigenvalue weighted by Gasteiger charge is 2.22. The van der Waals surface area contributed by atoms with Crippen LogP contribution in [0.5, 0.6) is 11.5 Å². The fraction of sp³-hybridized carbons (Fsp3) is 0.316. The number of primary amides is 1. The molecule has 0 fully saturated rings. The molecule has 140 valence electrons. The second kappa shape index (κ2) is 9.52. The molecule has 0 spiro atoms. The average molecular weight is 380 g/mol. The van der Waals surface area contributed by atoms with E-state index in [2.05, 4.69) is 5.32 Å². The third-order valence-electron chi connectivity index (χ3n) is 4.15. The van der Waals surface area contributed by atoms with Gasteiger partial charge in [-0.3, -0.25) is 4.79 Å². The number of hydrogen-bond acceptors (Lipinski definition) is 4. The molecular weight excluding hydrogens is 357 g/mol. The Hall–Kier alpha value is -2.15. The van der Waals surface area contributed by atoms with Gasteiger partial charge in [-0.2, -0.15) is 0 Å². The lowest BCUT2D eigenvalue weighted by Gasteiger charge is -2.22. The van der Waals surface area contributed by atoms with Gasteiger partial charge in [-0.15, -0.1) is 0 Å². The van der Waals surface area contributed by atoms with Gasteiger partial charge in [0.2, 0.25) is 5.91 Å². The second-order valence-corrected chi connectivity index (χ2v) is 6.43. The molecule has 5 N–H and O–H groups in total. The van der Waals surface area contributed by atoms with Crippen LogP contribution >= 0.6 is 11.6 Å². The summed E-state index contributed by atoms with van der Waals surface area (Å²) in [5.41, 5.74) is 11.3. The maximum Gasteiger partial charge on any atom is 0.222 e. The van der Waals surface area contributed by atoms with E-state index in [0.717, 1.165) is 0 Å². The molecule has 0 aliphatic heterocycles. The van der Waals surface area contributed by atoms with Crippen molar-refractivity contribution in [2.45, 2.75) is 25.9 Å². The van der Waals surface area contributed by atoms with Crippen LogP contribution in [-0.2, 0) is 11.3 Å². The monoisotopic (exact) mass is 379 g/mol. The summed E-state index contributed by atoms with van der Waals surface area (Å²) in [6.45, 7) is 2.37. The van der Waals surface area contributed by atoms with Crippen molar-refractivity contribution < 1.29 is 13.9 Å². The molecule has 0 saturated carbocycles. The Balaban J connectivity index is 2.13. The fourth-order valence-electron chi connectivity index (χ4n) is 2.64. The summed E-state index contributed by atoms with van der Waals surface area (Å²) in [6.07, 6.45) is 0.467. The van der Waals surface area contributed by atoms with E-state index in [1.165, 1.54) is 0 Å². The van der Waals surface area contributed by atoms with Gasteiger partial charge in [-0.1, -0.05) is 35.9 Å². The Morgan fingerprint density at radius 2 is 1.96 bits per heavy atom. The van der Waals surface area contributed by atoms with Gasteiger partial charge in [-0.25, -0.2) is 4.39 Å². The quantitative estimate of drug-likeness (QED) is 0.624. The van der Waals surface area contributed by atoms with Crippen molar-refractivity contribution in [1.82, 2.24) is 5.32 Å². The second-order valence-electron chi connectivity index (χ2n) is 6.02. The average Bonchev–Trinajstić information content (AvgIpc) is 2.63. The van der Waals surface area contributed by atoms with Gasteiger partial charge >= 0.3 is 0 Å². The van der Waals surface area contributed by atoms with E-state index in [-0.39, 0.29) is 23.4 Å². The van der Waals surface area contributed by atoms with Crippen LogP contribution in [0.1, 0.15) is 18.9 Å². The zero-order valence-corrected chi connectivity index (χ0v) is 15.3. The summed E-state index contributed by atoms with van der Waals surface area (Å²) in [6, 6.07) is 11.8. The van der Waals surface area contributed by atoms with Gasteiger partial charge in [0.05, 0.1) is 10.9 Å². The highest BCUT2D eigenvalue weighted by atomic mass is 35.5. The number of benzene rings is 2. The molecular formula is C19H23ClFN3O2. The maximum atomic E-state index is 14.8.